The molecule has 1 aromatic carbocycles. The van der Waals surface area contributed by atoms with E-state index in [-0.39, 0.29) is 6.54 Å². The Bertz CT molecular complexity index is 651. The summed E-state index contributed by atoms with van der Waals surface area (Å²) in [5.41, 5.74) is 0.392. The number of aliphatic carboxylic acids is 1. The molecular formula is C16H19F3N2O4. The summed E-state index contributed by atoms with van der Waals surface area (Å²) < 4.78 is 44.2. The predicted octanol–water partition coefficient (Wildman–Crippen LogP) is 2.22. The molecule has 0 aliphatic carbocycles. The van der Waals surface area contributed by atoms with Gasteiger partial charge in [-0.1, -0.05) is 12.1 Å². The fraction of sp³-hybridized carbons (Fsp3) is 0.500. The van der Waals surface area contributed by atoms with Crippen molar-refractivity contribution < 1.29 is 32.6 Å². The number of halogens is 3. The van der Waals surface area contributed by atoms with Crippen LogP contribution in [0.25, 0.3) is 0 Å². The molecule has 25 heavy (non-hydrogen) atoms. The number of hydrogen-bond donors (Lipinski definition) is 2. The number of methoxy groups -OCH3 is 1. The molecule has 0 aromatic heterocycles. The van der Waals surface area contributed by atoms with Gasteiger partial charge in [-0.2, -0.15) is 13.2 Å². The van der Waals surface area contributed by atoms with E-state index in [0.717, 1.165) is 0 Å². The van der Waals surface area contributed by atoms with Gasteiger partial charge >= 0.3 is 12.1 Å². The number of benzene rings is 1. The van der Waals surface area contributed by atoms with E-state index < -0.39 is 42.5 Å². The first-order chi connectivity index (χ1) is 11.6. The highest BCUT2D eigenvalue weighted by atomic mass is 19.4. The zero-order chi connectivity index (χ0) is 18.8. The molecule has 0 saturated carbocycles. The first-order valence-electron chi connectivity index (χ1n) is 7.62. The lowest BCUT2D eigenvalue weighted by Crippen LogP contribution is -2.41. The van der Waals surface area contributed by atoms with Crippen LogP contribution in [0.1, 0.15) is 6.92 Å². The molecule has 6 nitrogen and oxygen atoms in total. The van der Waals surface area contributed by atoms with Gasteiger partial charge in [0.05, 0.1) is 30.7 Å². The number of hydrogen-bond acceptors (Lipinski definition) is 4. The van der Waals surface area contributed by atoms with Crippen LogP contribution in [0.3, 0.4) is 0 Å². The second kappa shape index (κ2) is 7.30. The molecule has 1 saturated heterocycles. The number of carbonyl (C=O) groups excluding carboxylic acids is 1. The maximum atomic E-state index is 13.0. The SMILES string of the molecule is COc1ccccc1NC(=O)C(C)N1C[C@@H](C(F)(F)F)[C@H](C(=O)O)C1. The Kier molecular flexibility index (Phi) is 5.56. The Hall–Kier alpha value is -2.29. The number of anilines is 1. The van der Waals surface area contributed by atoms with Gasteiger partial charge in [0.2, 0.25) is 5.91 Å². The highest BCUT2D eigenvalue weighted by Crippen LogP contribution is 2.38. The fourth-order valence-corrected chi connectivity index (χ4v) is 2.88. The summed E-state index contributed by atoms with van der Waals surface area (Å²) >= 11 is 0. The summed E-state index contributed by atoms with van der Waals surface area (Å²) in [6, 6.07) is 5.71. The zero-order valence-corrected chi connectivity index (χ0v) is 13.7. The number of rotatable bonds is 5. The average molecular weight is 360 g/mol. The van der Waals surface area contributed by atoms with Crippen molar-refractivity contribution in [1.82, 2.24) is 4.90 Å². The van der Waals surface area contributed by atoms with Gasteiger partial charge in [0.15, 0.2) is 0 Å². The molecule has 2 rings (SSSR count). The largest absolute Gasteiger partial charge is 0.495 e. The van der Waals surface area contributed by atoms with Gasteiger partial charge in [0.25, 0.3) is 0 Å². The average Bonchev–Trinajstić information content (AvgIpc) is 3.00. The van der Waals surface area contributed by atoms with E-state index in [1.807, 2.05) is 0 Å². The molecular weight excluding hydrogens is 341 g/mol. The lowest BCUT2D eigenvalue weighted by Gasteiger charge is -2.24. The lowest BCUT2D eigenvalue weighted by molar-refractivity contribution is -0.188. The lowest BCUT2D eigenvalue weighted by atomic mass is 9.96. The molecule has 1 aliphatic rings. The summed E-state index contributed by atoms with van der Waals surface area (Å²) in [6.45, 7) is 0.587. The topological polar surface area (TPSA) is 78.9 Å². The third kappa shape index (κ3) is 4.22. The van der Waals surface area contributed by atoms with E-state index in [0.29, 0.717) is 11.4 Å². The van der Waals surface area contributed by atoms with Crippen LogP contribution < -0.4 is 10.1 Å². The van der Waals surface area contributed by atoms with Crippen LogP contribution >= 0.6 is 0 Å². The smallest absolute Gasteiger partial charge is 0.393 e. The molecule has 0 spiro atoms. The molecule has 2 N–H and O–H groups in total. The molecule has 1 unspecified atom stereocenters. The molecule has 1 heterocycles. The standard InChI is InChI=1S/C16H19F3N2O4/c1-9(14(22)20-12-5-3-4-6-13(12)25-2)21-7-10(15(23)24)11(8-21)16(17,18)19/h3-6,9-11H,7-8H2,1-2H3,(H,20,22)(H,23,24)/t9?,10-,11-/m1/s1. The molecule has 0 radical (unpaired) electrons. The Morgan fingerprint density at radius 3 is 2.48 bits per heavy atom. The number of alkyl halides is 3. The van der Waals surface area contributed by atoms with Crippen LogP contribution in [0, 0.1) is 11.8 Å². The molecule has 1 fully saturated rings. The minimum absolute atomic E-state index is 0.333. The zero-order valence-electron chi connectivity index (χ0n) is 13.7. The van der Waals surface area contributed by atoms with Crippen molar-refractivity contribution in [2.24, 2.45) is 11.8 Å². The summed E-state index contributed by atoms with van der Waals surface area (Å²) in [6.07, 6.45) is -4.63. The molecule has 3 atom stereocenters. The van der Waals surface area contributed by atoms with E-state index in [9.17, 15) is 22.8 Å². The van der Waals surface area contributed by atoms with Gasteiger partial charge in [-0.05, 0) is 19.1 Å². The first-order valence-corrected chi connectivity index (χ1v) is 7.62. The third-order valence-corrected chi connectivity index (χ3v) is 4.38. The molecule has 138 valence electrons. The van der Waals surface area contributed by atoms with E-state index in [1.165, 1.54) is 18.9 Å². The Labute approximate surface area is 142 Å². The molecule has 0 bridgehead atoms. The number of para-hydroxylation sites is 2. The van der Waals surface area contributed by atoms with E-state index in [2.05, 4.69) is 5.32 Å². The van der Waals surface area contributed by atoms with E-state index in [1.54, 1.807) is 24.3 Å². The molecule has 9 heteroatoms. The van der Waals surface area contributed by atoms with Gasteiger partial charge in [-0.3, -0.25) is 14.5 Å². The number of ether oxygens (including phenoxy) is 1. The van der Waals surface area contributed by atoms with Crippen LogP contribution in [-0.2, 0) is 9.59 Å². The van der Waals surface area contributed by atoms with Gasteiger partial charge in [-0.15, -0.1) is 0 Å². The normalized spacial score (nSPS) is 22.4. The number of likely N-dealkylation sites (tertiary alicyclic amines) is 1. The predicted molar refractivity (Wildman–Crippen MR) is 83.3 cm³/mol. The van der Waals surface area contributed by atoms with Crippen LogP contribution in [0.5, 0.6) is 5.75 Å². The van der Waals surface area contributed by atoms with Crippen molar-refractivity contribution >= 4 is 17.6 Å². The fourth-order valence-electron chi connectivity index (χ4n) is 2.88. The van der Waals surface area contributed by atoms with Gasteiger partial charge in [-0.25, -0.2) is 0 Å². The van der Waals surface area contributed by atoms with Crippen molar-refractivity contribution in [1.29, 1.82) is 0 Å². The van der Waals surface area contributed by atoms with Crippen LogP contribution in [0.4, 0.5) is 18.9 Å². The molecule has 1 amide bonds. The van der Waals surface area contributed by atoms with Crippen molar-refractivity contribution in [2.45, 2.75) is 19.1 Å². The third-order valence-electron chi connectivity index (χ3n) is 4.38. The monoisotopic (exact) mass is 360 g/mol. The van der Waals surface area contributed by atoms with Crippen LogP contribution in [0.15, 0.2) is 24.3 Å². The van der Waals surface area contributed by atoms with Crippen molar-refractivity contribution in [3.05, 3.63) is 24.3 Å². The van der Waals surface area contributed by atoms with Gasteiger partial charge in [0, 0.05) is 13.1 Å². The van der Waals surface area contributed by atoms with Crippen LogP contribution in [-0.4, -0.2) is 54.3 Å². The van der Waals surface area contributed by atoms with E-state index in [4.69, 9.17) is 9.84 Å². The summed E-state index contributed by atoms with van der Waals surface area (Å²) in [5, 5.41) is 11.6. The van der Waals surface area contributed by atoms with Gasteiger partial charge < -0.3 is 15.2 Å². The second-order valence-corrected chi connectivity index (χ2v) is 5.91. The maximum Gasteiger partial charge on any atom is 0.393 e. The Balaban J connectivity index is 2.11. The van der Waals surface area contributed by atoms with Crippen molar-refractivity contribution in [3.8, 4) is 5.75 Å². The van der Waals surface area contributed by atoms with E-state index >= 15 is 0 Å². The summed E-state index contributed by atoms with van der Waals surface area (Å²) in [4.78, 5) is 24.7. The number of carbonyl (C=O) groups is 2. The minimum Gasteiger partial charge on any atom is -0.495 e. The first kappa shape index (κ1) is 19.0. The van der Waals surface area contributed by atoms with Crippen LogP contribution in [0.2, 0.25) is 0 Å². The Morgan fingerprint density at radius 2 is 1.96 bits per heavy atom. The number of nitrogens with zero attached hydrogens (tertiary/aromatic N) is 1. The molecule has 1 aliphatic heterocycles. The maximum absolute atomic E-state index is 13.0. The highest BCUT2D eigenvalue weighted by molar-refractivity contribution is 5.95. The quantitative estimate of drug-likeness (QED) is 0.842. The number of carboxylic acid groups (broad SMARTS) is 1. The Morgan fingerprint density at radius 1 is 1.32 bits per heavy atom. The highest BCUT2D eigenvalue weighted by Gasteiger charge is 2.53. The molecule has 1 aromatic rings. The minimum atomic E-state index is -4.63. The second-order valence-electron chi connectivity index (χ2n) is 5.91. The summed E-state index contributed by atoms with van der Waals surface area (Å²) in [7, 11) is 1.43. The number of nitrogens with one attached hydrogen (secondary N) is 1. The van der Waals surface area contributed by atoms with Crippen molar-refractivity contribution in [3.63, 3.8) is 0 Å². The van der Waals surface area contributed by atoms with Gasteiger partial charge in [0.1, 0.15) is 5.75 Å². The van der Waals surface area contributed by atoms with Crippen molar-refractivity contribution in [2.75, 3.05) is 25.5 Å². The number of amides is 1. The number of carboxylic acids is 1. The summed E-state index contributed by atoms with van der Waals surface area (Å²) in [5.74, 6) is -5.20.